The quantitative estimate of drug-likeness (QED) is 0.558. The van der Waals surface area contributed by atoms with E-state index in [1.165, 1.54) is 0 Å². The van der Waals surface area contributed by atoms with Gasteiger partial charge in [-0.05, 0) is 34.5 Å². The van der Waals surface area contributed by atoms with E-state index in [1.54, 1.807) is 0 Å². The maximum Gasteiger partial charge on any atom is 0.0413 e. The molecular weight excluding hydrogens is 188 g/mol. The Balaban J connectivity index is 3.34. The van der Waals surface area contributed by atoms with Crippen molar-refractivity contribution in [3.63, 3.8) is 0 Å². The van der Waals surface area contributed by atoms with Crippen molar-refractivity contribution >= 4 is 15.9 Å². The summed E-state index contributed by atoms with van der Waals surface area (Å²) in [6.45, 7) is 2.00. The lowest BCUT2D eigenvalue weighted by atomic mass is 10.1. The molecule has 0 aromatic heterocycles. The smallest absolute Gasteiger partial charge is 0.0413 e. The van der Waals surface area contributed by atoms with Crippen LogP contribution < -0.4 is 0 Å². The maximum absolute atomic E-state index is 5.27. The van der Waals surface area contributed by atoms with E-state index < -0.39 is 0 Å². The minimum Gasteiger partial charge on any atom is -0.115 e. The van der Waals surface area contributed by atoms with Crippen LogP contribution in [-0.4, -0.2) is 0 Å². The topological polar surface area (TPSA) is 0 Å². The summed E-state index contributed by atoms with van der Waals surface area (Å²) < 4.78 is 0.995. The third-order valence-corrected chi connectivity index (χ3v) is 2.03. The lowest BCUT2D eigenvalue weighted by Crippen LogP contribution is -1.81. The molecule has 50 valence electrons. The van der Waals surface area contributed by atoms with Crippen LogP contribution in [0.5, 0.6) is 0 Å². The van der Waals surface area contributed by atoms with E-state index in [2.05, 4.69) is 21.9 Å². The zero-order valence-electron chi connectivity index (χ0n) is 5.69. The summed E-state index contributed by atoms with van der Waals surface area (Å²) in [5.74, 6) is 2.62. The van der Waals surface area contributed by atoms with Crippen molar-refractivity contribution in [1.82, 2.24) is 0 Å². The Morgan fingerprint density at radius 1 is 1.50 bits per heavy atom. The highest BCUT2D eigenvalue weighted by Crippen LogP contribution is 2.18. The molecule has 0 saturated heterocycles. The van der Waals surface area contributed by atoms with Gasteiger partial charge in [0.2, 0.25) is 0 Å². The minimum atomic E-state index is 0.947. The lowest BCUT2D eigenvalue weighted by Gasteiger charge is -1.98. The Labute approximate surface area is 69.4 Å². The molecule has 0 amide bonds. The van der Waals surface area contributed by atoms with E-state index >= 15 is 0 Å². The van der Waals surface area contributed by atoms with Crippen LogP contribution in [0.4, 0.5) is 0 Å². The fraction of sp³-hybridized carbons (Fsp3) is 0.111. The molecule has 0 heterocycles. The van der Waals surface area contributed by atoms with Crippen molar-refractivity contribution in [2.45, 2.75) is 6.92 Å². The van der Waals surface area contributed by atoms with E-state index in [0.717, 1.165) is 15.6 Å². The third-order valence-electron chi connectivity index (χ3n) is 1.37. The summed E-state index contributed by atoms with van der Waals surface area (Å²) in [5, 5.41) is 0. The number of aryl methyl sites for hydroxylation is 1. The van der Waals surface area contributed by atoms with Crippen molar-refractivity contribution in [3.8, 4) is 12.3 Å². The second kappa shape index (κ2) is 2.90. The molecule has 1 aromatic carbocycles. The first kappa shape index (κ1) is 7.37. The van der Waals surface area contributed by atoms with Crippen LogP contribution >= 0.6 is 15.9 Å². The Morgan fingerprint density at radius 2 is 2.20 bits per heavy atom. The molecule has 0 saturated carbocycles. The highest BCUT2D eigenvalue weighted by molar-refractivity contribution is 9.10. The van der Waals surface area contributed by atoms with E-state index in [9.17, 15) is 0 Å². The Hall–Kier alpha value is -0.740. The summed E-state index contributed by atoms with van der Waals surface area (Å²) in [6, 6.07) is 5.92. The Kier molecular flexibility index (Phi) is 2.13. The summed E-state index contributed by atoms with van der Waals surface area (Å²) in [4.78, 5) is 0. The first-order valence-electron chi connectivity index (χ1n) is 2.97. The highest BCUT2D eigenvalue weighted by atomic mass is 79.9. The predicted octanol–water partition coefficient (Wildman–Crippen LogP) is 2.74. The average Bonchev–Trinajstić information content (AvgIpc) is 1.88. The van der Waals surface area contributed by atoms with Crippen LogP contribution in [0.25, 0.3) is 0 Å². The van der Waals surface area contributed by atoms with Gasteiger partial charge in [0, 0.05) is 10.0 Å². The normalized spacial score (nSPS) is 8.90. The molecular formula is C9H7Br. The summed E-state index contributed by atoms with van der Waals surface area (Å²) in [6.07, 6.45) is 5.27. The van der Waals surface area contributed by atoms with Crippen LogP contribution in [0.1, 0.15) is 11.1 Å². The van der Waals surface area contributed by atoms with Gasteiger partial charge in [-0.15, -0.1) is 6.42 Å². The SMILES string of the molecule is C#Cc1c(C)cccc1Br. The number of benzene rings is 1. The standard InChI is InChI=1S/C9H7Br/c1-3-8-7(2)5-4-6-9(8)10/h1,4-6H,2H3. The molecule has 1 heteroatoms. The fourth-order valence-electron chi connectivity index (χ4n) is 0.815. The van der Waals surface area contributed by atoms with Gasteiger partial charge >= 0.3 is 0 Å². The molecule has 0 aliphatic heterocycles. The third kappa shape index (κ3) is 1.22. The van der Waals surface area contributed by atoms with Crippen LogP contribution in [0.3, 0.4) is 0 Å². The molecule has 0 N–H and O–H groups in total. The van der Waals surface area contributed by atoms with Crippen molar-refractivity contribution in [2.24, 2.45) is 0 Å². The van der Waals surface area contributed by atoms with Crippen LogP contribution in [0.15, 0.2) is 22.7 Å². The fourth-order valence-corrected chi connectivity index (χ4v) is 1.39. The minimum absolute atomic E-state index is 0.947. The number of rotatable bonds is 0. The Morgan fingerprint density at radius 3 is 2.60 bits per heavy atom. The molecule has 0 fully saturated rings. The lowest BCUT2D eigenvalue weighted by molar-refractivity contribution is 1.41. The van der Waals surface area contributed by atoms with Crippen molar-refractivity contribution in [3.05, 3.63) is 33.8 Å². The second-order valence-electron chi connectivity index (χ2n) is 2.08. The highest BCUT2D eigenvalue weighted by Gasteiger charge is 1.96. The second-order valence-corrected chi connectivity index (χ2v) is 2.93. The van der Waals surface area contributed by atoms with E-state index in [4.69, 9.17) is 6.42 Å². The number of hydrogen-bond donors (Lipinski definition) is 0. The molecule has 1 aromatic rings. The van der Waals surface area contributed by atoms with Crippen LogP contribution in [0.2, 0.25) is 0 Å². The van der Waals surface area contributed by atoms with Gasteiger partial charge in [0.15, 0.2) is 0 Å². The summed E-state index contributed by atoms with van der Waals surface area (Å²) in [5.41, 5.74) is 2.08. The number of terminal acetylenes is 1. The molecule has 0 atom stereocenters. The Bertz CT molecular complexity index is 261. The van der Waals surface area contributed by atoms with Gasteiger partial charge in [0.05, 0.1) is 0 Å². The van der Waals surface area contributed by atoms with Gasteiger partial charge in [-0.2, -0.15) is 0 Å². The maximum atomic E-state index is 5.27. The zero-order valence-corrected chi connectivity index (χ0v) is 7.27. The molecule has 0 bridgehead atoms. The van der Waals surface area contributed by atoms with Crippen LogP contribution in [0, 0.1) is 19.3 Å². The summed E-state index contributed by atoms with van der Waals surface area (Å²) in [7, 11) is 0. The van der Waals surface area contributed by atoms with Gasteiger partial charge in [-0.1, -0.05) is 18.1 Å². The molecule has 0 nitrogen and oxygen atoms in total. The van der Waals surface area contributed by atoms with E-state index in [-0.39, 0.29) is 0 Å². The first-order valence-corrected chi connectivity index (χ1v) is 3.76. The molecule has 1 rings (SSSR count). The average molecular weight is 195 g/mol. The van der Waals surface area contributed by atoms with Gasteiger partial charge in [-0.25, -0.2) is 0 Å². The molecule has 0 radical (unpaired) electrons. The van der Waals surface area contributed by atoms with Gasteiger partial charge in [-0.3, -0.25) is 0 Å². The van der Waals surface area contributed by atoms with E-state index in [1.807, 2.05) is 25.1 Å². The predicted molar refractivity (Wildman–Crippen MR) is 46.8 cm³/mol. The molecule has 0 spiro atoms. The van der Waals surface area contributed by atoms with E-state index in [0.29, 0.717) is 0 Å². The first-order chi connectivity index (χ1) is 4.75. The monoisotopic (exact) mass is 194 g/mol. The molecule has 0 aliphatic rings. The molecule has 0 unspecified atom stereocenters. The van der Waals surface area contributed by atoms with Gasteiger partial charge < -0.3 is 0 Å². The largest absolute Gasteiger partial charge is 0.115 e. The van der Waals surface area contributed by atoms with Crippen molar-refractivity contribution < 1.29 is 0 Å². The van der Waals surface area contributed by atoms with Crippen LogP contribution in [-0.2, 0) is 0 Å². The number of halogens is 1. The van der Waals surface area contributed by atoms with Crippen molar-refractivity contribution in [2.75, 3.05) is 0 Å². The summed E-state index contributed by atoms with van der Waals surface area (Å²) >= 11 is 3.36. The van der Waals surface area contributed by atoms with Gasteiger partial charge in [0.1, 0.15) is 0 Å². The molecule has 0 aliphatic carbocycles. The van der Waals surface area contributed by atoms with Gasteiger partial charge in [0.25, 0.3) is 0 Å². The number of hydrogen-bond acceptors (Lipinski definition) is 0. The van der Waals surface area contributed by atoms with Crippen molar-refractivity contribution in [1.29, 1.82) is 0 Å². The molecule has 10 heavy (non-hydrogen) atoms. The zero-order chi connectivity index (χ0) is 7.56.